The van der Waals surface area contributed by atoms with Gasteiger partial charge >= 0.3 is 14.2 Å². The lowest BCUT2D eigenvalue weighted by Gasteiger charge is -2.11. The summed E-state index contributed by atoms with van der Waals surface area (Å²) in [5.74, 6) is 0. The third-order valence-electron chi connectivity index (χ3n) is 3.43. The summed E-state index contributed by atoms with van der Waals surface area (Å²) in [5, 5.41) is 36.8. The monoisotopic (exact) mass is 270 g/mol. The van der Waals surface area contributed by atoms with E-state index in [1.807, 2.05) is 38.1 Å². The Morgan fingerprint density at radius 3 is 1.25 bits per heavy atom. The van der Waals surface area contributed by atoms with Gasteiger partial charge in [0.2, 0.25) is 0 Å². The molecule has 0 aliphatic carbocycles. The van der Waals surface area contributed by atoms with Gasteiger partial charge in [-0.1, -0.05) is 47.5 Å². The quantitative estimate of drug-likeness (QED) is 0.557. The second kappa shape index (κ2) is 5.81. The number of rotatable bonds is 3. The van der Waals surface area contributed by atoms with Crippen LogP contribution in [-0.2, 0) is 0 Å². The fourth-order valence-corrected chi connectivity index (χ4v) is 2.29. The molecule has 2 rings (SSSR count). The summed E-state index contributed by atoms with van der Waals surface area (Å²) in [6.45, 7) is 3.63. The molecule has 0 bridgehead atoms. The first-order valence-corrected chi connectivity index (χ1v) is 6.34. The van der Waals surface area contributed by atoms with E-state index in [1.54, 1.807) is 12.1 Å². The molecule has 0 heterocycles. The van der Waals surface area contributed by atoms with Crippen molar-refractivity contribution in [3.63, 3.8) is 0 Å². The predicted octanol–water partition coefficient (Wildman–Crippen LogP) is -0.670. The van der Waals surface area contributed by atoms with Crippen LogP contribution in [0, 0.1) is 13.8 Å². The molecule has 0 spiro atoms. The molecule has 0 amide bonds. The molecule has 102 valence electrons. The Hall–Kier alpha value is -1.59. The van der Waals surface area contributed by atoms with E-state index < -0.39 is 14.2 Å². The Kier molecular flexibility index (Phi) is 4.30. The zero-order valence-electron chi connectivity index (χ0n) is 11.4. The summed E-state index contributed by atoms with van der Waals surface area (Å²) in [6, 6.07) is 10.7. The first-order valence-electron chi connectivity index (χ1n) is 6.34. The van der Waals surface area contributed by atoms with Crippen molar-refractivity contribution in [3.8, 4) is 11.1 Å². The first-order chi connectivity index (χ1) is 9.40. The second-order valence-electron chi connectivity index (χ2n) is 4.89. The minimum absolute atomic E-state index is 0.480. The van der Waals surface area contributed by atoms with Crippen molar-refractivity contribution in [1.82, 2.24) is 0 Å². The van der Waals surface area contributed by atoms with Crippen LogP contribution in [0.5, 0.6) is 0 Å². The van der Waals surface area contributed by atoms with Crippen molar-refractivity contribution < 1.29 is 20.1 Å². The summed E-state index contributed by atoms with van der Waals surface area (Å²) in [5.41, 5.74) is 4.42. The van der Waals surface area contributed by atoms with Crippen LogP contribution in [0.3, 0.4) is 0 Å². The standard InChI is InChI=1S/C14H16B2O4/c1-9-7-11(3-5-13(9)15(17)18)12-4-6-14(16(19)20)10(2)8-12/h3-8,17-20H,1-2H3. The Bertz CT molecular complexity index is 571. The van der Waals surface area contributed by atoms with Gasteiger partial charge < -0.3 is 20.1 Å². The number of aryl methyl sites for hydroxylation is 2. The smallest absolute Gasteiger partial charge is 0.423 e. The van der Waals surface area contributed by atoms with Gasteiger partial charge in [-0.25, -0.2) is 0 Å². The Labute approximate surface area is 118 Å². The molecule has 0 saturated heterocycles. The van der Waals surface area contributed by atoms with Crippen LogP contribution in [-0.4, -0.2) is 34.3 Å². The lowest BCUT2D eigenvalue weighted by molar-refractivity contribution is 0.424. The van der Waals surface area contributed by atoms with E-state index in [2.05, 4.69) is 0 Å². The van der Waals surface area contributed by atoms with Crippen LogP contribution in [0.4, 0.5) is 0 Å². The largest absolute Gasteiger partial charge is 0.488 e. The van der Waals surface area contributed by atoms with Gasteiger partial charge in [-0.15, -0.1) is 0 Å². The van der Waals surface area contributed by atoms with Gasteiger partial charge in [-0.2, -0.15) is 0 Å². The molecule has 0 unspecified atom stereocenters. The SMILES string of the molecule is Cc1cc(-c2ccc(B(O)O)c(C)c2)ccc1B(O)O. The zero-order chi connectivity index (χ0) is 14.9. The molecule has 2 aromatic carbocycles. The molecule has 0 aliphatic heterocycles. The van der Waals surface area contributed by atoms with Crippen molar-refractivity contribution in [2.45, 2.75) is 13.8 Å². The van der Waals surface area contributed by atoms with Gasteiger partial charge in [-0.3, -0.25) is 0 Å². The predicted molar refractivity (Wildman–Crippen MR) is 81.0 cm³/mol. The van der Waals surface area contributed by atoms with Crippen molar-refractivity contribution in [2.24, 2.45) is 0 Å². The highest BCUT2D eigenvalue weighted by atomic mass is 16.4. The van der Waals surface area contributed by atoms with E-state index in [0.29, 0.717) is 10.9 Å². The molecule has 0 radical (unpaired) electrons. The molecule has 4 N–H and O–H groups in total. The summed E-state index contributed by atoms with van der Waals surface area (Å²) >= 11 is 0. The minimum atomic E-state index is -1.47. The Morgan fingerprint density at radius 1 is 0.650 bits per heavy atom. The van der Waals surface area contributed by atoms with E-state index >= 15 is 0 Å². The van der Waals surface area contributed by atoms with E-state index in [4.69, 9.17) is 0 Å². The first kappa shape index (κ1) is 14.8. The van der Waals surface area contributed by atoms with Gasteiger partial charge in [0.1, 0.15) is 0 Å². The van der Waals surface area contributed by atoms with E-state index in [0.717, 1.165) is 22.3 Å². The molecule has 0 fully saturated rings. The van der Waals surface area contributed by atoms with Crippen LogP contribution in [0.15, 0.2) is 36.4 Å². The van der Waals surface area contributed by atoms with Crippen LogP contribution in [0.25, 0.3) is 11.1 Å². The maximum absolute atomic E-state index is 9.21. The average Bonchev–Trinajstić information content (AvgIpc) is 2.37. The lowest BCUT2D eigenvalue weighted by Crippen LogP contribution is -2.32. The molecule has 4 nitrogen and oxygen atoms in total. The fourth-order valence-electron chi connectivity index (χ4n) is 2.29. The molecule has 2 aromatic rings. The van der Waals surface area contributed by atoms with Crippen LogP contribution < -0.4 is 10.9 Å². The van der Waals surface area contributed by atoms with Crippen molar-refractivity contribution in [1.29, 1.82) is 0 Å². The molecule has 0 aliphatic rings. The van der Waals surface area contributed by atoms with E-state index in [9.17, 15) is 20.1 Å². The number of hydrogen-bond donors (Lipinski definition) is 4. The van der Waals surface area contributed by atoms with E-state index in [-0.39, 0.29) is 0 Å². The van der Waals surface area contributed by atoms with Gasteiger partial charge in [0.05, 0.1) is 0 Å². The highest BCUT2D eigenvalue weighted by Crippen LogP contribution is 2.20. The zero-order valence-corrected chi connectivity index (χ0v) is 11.4. The maximum Gasteiger partial charge on any atom is 0.488 e. The van der Waals surface area contributed by atoms with Crippen LogP contribution >= 0.6 is 0 Å². The van der Waals surface area contributed by atoms with Crippen LogP contribution in [0.1, 0.15) is 11.1 Å². The lowest BCUT2D eigenvalue weighted by atomic mass is 9.75. The molecular formula is C14H16B2O4. The second-order valence-corrected chi connectivity index (χ2v) is 4.89. The molecule has 0 aromatic heterocycles. The molecule has 0 saturated carbocycles. The highest BCUT2D eigenvalue weighted by molar-refractivity contribution is 6.59. The van der Waals surface area contributed by atoms with Gasteiger partial charge in [0.15, 0.2) is 0 Å². The molecule has 0 atom stereocenters. The minimum Gasteiger partial charge on any atom is -0.423 e. The van der Waals surface area contributed by atoms with Crippen molar-refractivity contribution >= 4 is 25.2 Å². The summed E-state index contributed by atoms with van der Waals surface area (Å²) < 4.78 is 0. The Morgan fingerprint density at radius 2 is 1.00 bits per heavy atom. The maximum atomic E-state index is 9.21. The van der Waals surface area contributed by atoms with Crippen molar-refractivity contribution in [2.75, 3.05) is 0 Å². The molecular weight excluding hydrogens is 254 g/mol. The van der Waals surface area contributed by atoms with E-state index in [1.165, 1.54) is 0 Å². The van der Waals surface area contributed by atoms with Crippen LogP contribution in [0.2, 0.25) is 0 Å². The van der Waals surface area contributed by atoms with Gasteiger partial charge in [-0.05, 0) is 35.9 Å². The topological polar surface area (TPSA) is 80.9 Å². The molecule has 20 heavy (non-hydrogen) atoms. The Balaban J connectivity index is 2.42. The van der Waals surface area contributed by atoms with Crippen molar-refractivity contribution in [3.05, 3.63) is 47.5 Å². The number of benzene rings is 2. The van der Waals surface area contributed by atoms with Gasteiger partial charge in [0, 0.05) is 0 Å². The number of hydrogen-bond acceptors (Lipinski definition) is 4. The third kappa shape index (κ3) is 2.94. The summed E-state index contributed by atoms with van der Waals surface area (Å²) in [4.78, 5) is 0. The van der Waals surface area contributed by atoms with Gasteiger partial charge in [0.25, 0.3) is 0 Å². The fraction of sp³-hybridized carbons (Fsp3) is 0.143. The normalized spacial score (nSPS) is 10.5. The summed E-state index contributed by atoms with van der Waals surface area (Å²) in [6.07, 6.45) is 0. The molecule has 6 heteroatoms. The summed E-state index contributed by atoms with van der Waals surface area (Å²) in [7, 11) is -2.95. The third-order valence-corrected chi connectivity index (χ3v) is 3.43. The highest BCUT2D eigenvalue weighted by Gasteiger charge is 2.16. The average molecular weight is 270 g/mol.